The lowest BCUT2D eigenvalue weighted by atomic mass is 10.2. The van der Waals surface area contributed by atoms with Gasteiger partial charge in [-0.3, -0.25) is 14.4 Å². The summed E-state index contributed by atoms with van der Waals surface area (Å²) in [5, 5.41) is 9.12. The summed E-state index contributed by atoms with van der Waals surface area (Å²) in [4.78, 5) is 35.1. The summed E-state index contributed by atoms with van der Waals surface area (Å²) < 4.78 is 15.4. The van der Waals surface area contributed by atoms with Crippen molar-refractivity contribution >= 4 is 23.9 Å². The molecule has 0 saturated heterocycles. The number of rotatable bonds is 13. The topological polar surface area (TPSA) is 131 Å². The fraction of sp³-hybridized carbons (Fsp3) is 0.333. The third-order valence-corrected chi connectivity index (χ3v) is 3.86. The fourth-order valence-electron chi connectivity index (χ4n) is 2.32. The van der Waals surface area contributed by atoms with Gasteiger partial charge in [-0.2, -0.15) is 5.10 Å². The van der Waals surface area contributed by atoms with Crippen molar-refractivity contribution in [2.24, 2.45) is 5.10 Å². The molecule has 0 aliphatic carbocycles. The molecule has 10 heteroatoms. The molecule has 0 unspecified atom stereocenters. The number of hydrogen-bond acceptors (Lipinski definition) is 7. The summed E-state index contributed by atoms with van der Waals surface area (Å²) in [7, 11) is 1.58. The third-order valence-electron chi connectivity index (χ3n) is 3.86. The Hall–Kier alpha value is -3.66. The second-order valence-electron chi connectivity index (χ2n) is 6.38. The van der Waals surface area contributed by atoms with Crippen LogP contribution in [-0.4, -0.2) is 50.8 Å². The Balaban J connectivity index is 1.64. The fourth-order valence-corrected chi connectivity index (χ4v) is 2.32. The first kappa shape index (κ1) is 23.6. The minimum absolute atomic E-state index is 0.127. The van der Waals surface area contributed by atoms with E-state index in [1.54, 1.807) is 43.5 Å². The Bertz CT molecular complexity index is 849. The molecule has 0 aliphatic heterocycles. The highest BCUT2D eigenvalue weighted by Gasteiger charge is 2.08. The molecule has 0 saturated carbocycles. The molecule has 10 nitrogen and oxygen atoms in total. The number of methoxy groups -OCH3 is 1. The van der Waals surface area contributed by atoms with Crippen molar-refractivity contribution in [2.45, 2.75) is 19.4 Å². The molecule has 0 spiro atoms. The van der Waals surface area contributed by atoms with E-state index in [0.717, 1.165) is 0 Å². The molecule has 0 aliphatic rings. The van der Waals surface area contributed by atoms with Crippen molar-refractivity contribution in [3.63, 3.8) is 0 Å². The molecule has 0 bridgehead atoms. The SMILES string of the molecule is COCCCNC(=O)CC(=O)N/N=C/c1ccc(OCC(=O)NCc2ccco2)cc1. The van der Waals surface area contributed by atoms with Gasteiger partial charge < -0.3 is 24.5 Å². The van der Waals surface area contributed by atoms with Gasteiger partial charge in [0.1, 0.15) is 17.9 Å². The highest BCUT2D eigenvalue weighted by Crippen LogP contribution is 2.11. The van der Waals surface area contributed by atoms with E-state index in [0.29, 0.717) is 43.2 Å². The molecule has 0 fully saturated rings. The number of hydrazone groups is 1. The summed E-state index contributed by atoms with van der Waals surface area (Å²) in [6.45, 7) is 1.16. The Morgan fingerprint density at radius 3 is 2.58 bits per heavy atom. The van der Waals surface area contributed by atoms with Gasteiger partial charge in [-0.25, -0.2) is 5.43 Å². The predicted molar refractivity (Wildman–Crippen MR) is 112 cm³/mol. The maximum Gasteiger partial charge on any atom is 0.258 e. The van der Waals surface area contributed by atoms with Crippen LogP contribution in [0.15, 0.2) is 52.2 Å². The van der Waals surface area contributed by atoms with E-state index in [2.05, 4.69) is 21.2 Å². The van der Waals surface area contributed by atoms with Crippen LogP contribution in [0.4, 0.5) is 0 Å². The van der Waals surface area contributed by atoms with Crippen LogP contribution in [0.1, 0.15) is 24.2 Å². The third kappa shape index (κ3) is 10.1. The zero-order chi connectivity index (χ0) is 22.3. The minimum Gasteiger partial charge on any atom is -0.484 e. The number of carbonyl (C=O) groups is 3. The largest absolute Gasteiger partial charge is 0.484 e. The van der Waals surface area contributed by atoms with Crippen LogP contribution in [0, 0.1) is 0 Å². The molecular formula is C21H26N4O6. The average Bonchev–Trinajstić information content (AvgIpc) is 3.28. The maximum atomic E-state index is 11.8. The molecule has 0 radical (unpaired) electrons. The Kier molecular flexibility index (Phi) is 10.3. The number of nitrogens with zero attached hydrogens (tertiary/aromatic N) is 1. The number of ether oxygens (including phenoxy) is 2. The van der Waals surface area contributed by atoms with E-state index < -0.39 is 5.91 Å². The minimum atomic E-state index is -0.513. The molecule has 1 heterocycles. The molecule has 31 heavy (non-hydrogen) atoms. The summed E-state index contributed by atoms with van der Waals surface area (Å²) >= 11 is 0. The van der Waals surface area contributed by atoms with Crippen molar-refractivity contribution in [3.05, 3.63) is 54.0 Å². The van der Waals surface area contributed by atoms with E-state index in [9.17, 15) is 14.4 Å². The first-order chi connectivity index (χ1) is 15.1. The van der Waals surface area contributed by atoms with Crippen molar-refractivity contribution in [3.8, 4) is 5.75 Å². The van der Waals surface area contributed by atoms with Gasteiger partial charge in [-0.05, 0) is 48.4 Å². The summed E-state index contributed by atoms with van der Waals surface area (Å²) in [5.41, 5.74) is 3.00. The van der Waals surface area contributed by atoms with Crippen LogP contribution in [0.5, 0.6) is 5.75 Å². The number of nitrogens with one attached hydrogen (secondary N) is 3. The molecule has 1 aromatic carbocycles. The zero-order valence-electron chi connectivity index (χ0n) is 17.3. The number of hydrogen-bond donors (Lipinski definition) is 3. The van der Waals surface area contributed by atoms with Crippen LogP contribution in [-0.2, 0) is 25.7 Å². The number of amides is 3. The Morgan fingerprint density at radius 2 is 1.87 bits per heavy atom. The molecule has 2 rings (SSSR count). The molecule has 1 aromatic heterocycles. The Morgan fingerprint density at radius 1 is 1.06 bits per heavy atom. The standard InChI is InChI=1S/C21H26N4O6/c1-29-10-3-9-22-19(26)12-20(27)25-24-13-16-5-7-17(8-6-16)31-15-21(28)23-14-18-4-2-11-30-18/h2,4-8,11,13H,3,9-10,12,14-15H2,1H3,(H,22,26)(H,23,28)(H,25,27)/b24-13+. The predicted octanol–water partition coefficient (Wildman–Crippen LogP) is 0.968. The molecule has 3 N–H and O–H groups in total. The van der Waals surface area contributed by atoms with Gasteiger partial charge in [0.25, 0.3) is 5.91 Å². The van der Waals surface area contributed by atoms with Crippen molar-refractivity contribution in [1.29, 1.82) is 0 Å². The monoisotopic (exact) mass is 430 g/mol. The van der Waals surface area contributed by atoms with Gasteiger partial charge in [0.05, 0.1) is 19.0 Å². The molecule has 0 atom stereocenters. The molecule has 2 aromatic rings. The normalized spacial score (nSPS) is 10.6. The van der Waals surface area contributed by atoms with E-state index >= 15 is 0 Å². The van der Waals surface area contributed by atoms with E-state index in [4.69, 9.17) is 13.9 Å². The first-order valence-corrected chi connectivity index (χ1v) is 9.66. The molecule has 166 valence electrons. The van der Waals surface area contributed by atoms with E-state index in [1.165, 1.54) is 12.5 Å². The van der Waals surface area contributed by atoms with Crippen LogP contribution < -0.4 is 20.8 Å². The van der Waals surface area contributed by atoms with Crippen molar-refractivity contribution < 1.29 is 28.3 Å². The van der Waals surface area contributed by atoms with Gasteiger partial charge >= 0.3 is 0 Å². The van der Waals surface area contributed by atoms with Gasteiger partial charge in [0, 0.05) is 20.3 Å². The van der Waals surface area contributed by atoms with Crippen molar-refractivity contribution in [1.82, 2.24) is 16.1 Å². The smallest absolute Gasteiger partial charge is 0.258 e. The lowest BCUT2D eigenvalue weighted by Crippen LogP contribution is -2.30. The number of benzene rings is 1. The summed E-state index contributed by atoms with van der Waals surface area (Å²) in [6.07, 6.45) is 3.35. The maximum absolute atomic E-state index is 11.8. The zero-order valence-corrected chi connectivity index (χ0v) is 17.3. The van der Waals surface area contributed by atoms with Crippen molar-refractivity contribution in [2.75, 3.05) is 26.9 Å². The van der Waals surface area contributed by atoms with Gasteiger partial charge in [-0.1, -0.05) is 0 Å². The summed E-state index contributed by atoms with van der Waals surface area (Å²) in [6, 6.07) is 10.3. The second kappa shape index (κ2) is 13.5. The Labute approximate surface area is 180 Å². The number of carbonyl (C=O) groups excluding carboxylic acids is 3. The van der Waals surface area contributed by atoms with Gasteiger partial charge in [-0.15, -0.1) is 0 Å². The van der Waals surface area contributed by atoms with Gasteiger partial charge in [0.15, 0.2) is 6.61 Å². The van der Waals surface area contributed by atoms with E-state index in [-0.39, 0.29) is 24.8 Å². The highest BCUT2D eigenvalue weighted by atomic mass is 16.5. The quantitative estimate of drug-likeness (QED) is 0.188. The van der Waals surface area contributed by atoms with Crippen LogP contribution in [0.2, 0.25) is 0 Å². The average molecular weight is 430 g/mol. The van der Waals surface area contributed by atoms with Crippen LogP contribution in [0.25, 0.3) is 0 Å². The lowest BCUT2D eigenvalue weighted by molar-refractivity contribution is -0.129. The molecular weight excluding hydrogens is 404 g/mol. The molecule has 3 amide bonds. The highest BCUT2D eigenvalue weighted by molar-refractivity contribution is 5.97. The van der Waals surface area contributed by atoms with Gasteiger partial charge in [0.2, 0.25) is 11.8 Å². The first-order valence-electron chi connectivity index (χ1n) is 9.66. The number of furan rings is 1. The second-order valence-corrected chi connectivity index (χ2v) is 6.38. The van der Waals surface area contributed by atoms with Crippen LogP contribution in [0.3, 0.4) is 0 Å². The lowest BCUT2D eigenvalue weighted by Gasteiger charge is -2.07. The van der Waals surface area contributed by atoms with E-state index in [1.807, 2.05) is 0 Å². The summed E-state index contributed by atoms with van der Waals surface area (Å²) in [5.74, 6) is 0.0123. The van der Waals surface area contributed by atoms with Crippen LogP contribution >= 0.6 is 0 Å².